The Hall–Kier alpha value is -1.46. The maximum Gasteiger partial charge on any atom is 0.223 e. The van der Waals surface area contributed by atoms with Gasteiger partial charge < -0.3 is 15.2 Å². The molecule has 1 heterocycles. The number of carbonyl (C=O) groups is 1. The number of aliphatic hydroxyl groups is 1. The van der Waals surface area contributed by atoms with Gasteiger partial charge in [-0.15, -0.1) is 0 Å². The van der Waals surface area contributed by atoms with Gasteiger partial charge in [-0.05, 0) is 30.0 Å². The van der Waals surface area contributed by atoms with Gasteiger partial charge >= 0.3 is 0 Å². The normalized spacial score (nSPS) is 27.1. The fourth-order valence-electron chi connectivity index (χ4n) is 2.87. The van der Waals surface area contributed by atoms with Crippen molar-refractivity contribution in [3.05, 3.63) is 35.6 Å². The number of halogens is 1. The molecule has 0 radical (unpaired) electrons. The topological polar surface area (TPSA) is 58.6 Å². The smallest absolute Gasteiger partial charge is 0.223 e. The highest BCUT2D eigenvalue weighted by Gasteiger charge is 2.44. The van der Waals surface area contributed by atoms with Gasteiger partial charge in [0.25, 0.3) is 0 Å². The van der Waals surface area contributed by atoms with Crippen LogP contribution in [0.2, 0.25) is 0 Å². The molecule has 1 aromatic rings. The fourth-order valence-corrected chi connectivity index (χ4v) is 2.87. The molecule has 1 aliphatic carbocycles. The highest BCUT2D eigenvalue weighted by Crippen LogP contribution is 2.47. The second kappa shape index (κ2) is 5.73. The van der Waals surface area contributed by atoms with Crippen LogP contribution in [0.1, 0.15) is 30.7 Å². The predicted molar refractivity (Wildman–Crippen MR) is 75.3 cm³/mol. The molecule has 1 amide bonds. The first-order chi connectivity index (χ1) is 10.1. The second-order valence-electron chi connectivity index (χ2n) is 6.05. The average Bonchev–Trinajstić information content (AvgIpc) is 3.27. The van der Waals surface area contributed by atoms with E-state index in [1.165, 1.54) is 12.1 Å². The third-order valence-electron chi connectivity index (χ3n) is 4.44. The van der Waals surface area contributed by atoms with Gasteiger partial charge in [0.15, 0.2) is 0 Å². The van der Waals surface area contributed by atoms with Crippen molar-refractivity contribution in [1.29, 1.82) is 0 Å². The molecule has 4 nitrogen and oxygen atoms in total. The van der Waals surface area contributed by atoms with Crippen molar-refractivity contribution in [2.45, 2.75) is 30.8 Å². The van der Waals surface area contributed by atoms with E-state index in [4.69, 9.17) is 4.74 Å². The van der Waals surface area contributed by atoms with Gasteiger partial charge in [-0.25, -0.2) is 4.39 Å². The van der Waals surface area contributed by atoms with Crippen molar-refractivity contribution < 1.29 is 19.0 Å². The van der Waals surface area contributed by atoms with E-state index in [1.54, 1.807) is 12.1 Å². The summed E-state index contributed by atoms with van der Waals surface area (Å²) in [5.41, 5.74) is 0.162. The highest BCUT2D eigenvalue weighted by atomic mass is 19.1. The lowest BCUT2D eigenvalue weighted by Crippen LogP contribution is -2.47. The molecule has 21 heavy (non-hydrogen) atoms. The maximum atomic E-state index is 12.9. The van der Waals surface area contributed by atoms with Crippen molar-refractivity contribution in [3.63, 3.8) is 0 Å². The summed E-state index contributed by atoms with van der Waals surface area (Å²) in [6.45, 7) is 1.35. The largest absolute Gasteiger partial charge is 0.388 e. The third kappa shape index (κ3) is 3.41. The lowest BCUT2D eigenvalue weighted by molar-refractivity contribution is -0.125. The third-order valence-corrected chi connectivity index (χ3v) is 4.44. The Kier molecular flexibility index (Phi) is 3.95. The standard InChI is InChI=1S/C16H20FNO3/c17-12-3-1-11(2-4-12)13-9-14(13)15(19)18-10-16(20)5-7-21-8-6-16/h1-4,13-14,20H,5-10H2,(H,18,19)/t13-,14+/m0/s1. The van der Waals surface area contributed by atoms with Gasteiger partial charge in [0.1, 0.15) is 5.82 Å². The number of nitrogens with one attached hydrogen (secondary N) is 1. The molecule has 0 unspecified atom stereocenters. The van der Waals surface area contributed by atoms with Crippen LogP contribution in [0.5, 0.6) is 0 Å². The van der Waals surface area contributed by atoms with Crippen LogP contribution in [0.4, 0.5) is 4.39 Å². The quantitative estimate of drug-likeness (QED) is 0.886. The monoisotopic (exact) mass is 293 g/mol. The van der Waals surface area contributed by atoms with E-state index in [9.17, 15) is 14.3 Å². The van der Waals surface area contributed by atoms with Crippen LogP contribution in [0.15, 0.2) is 24.3 Å². The number of carbonyl (C=O) groups excluding carboxylic acids is 1. The van der Waals surface area contributed by atoms with Crippen molar-refractivity contribution in [2.24, 2.45) is 5.92 Å². The summed E-state index contributed by atoms with van der Waals surface area (Å²) in [6, 6.07) is 6.32. The lowest BCUT2D eigenvalue weighted by atomic mass is 9.94. The molecule has 2 N–H and O–H groups in total. The first-order valence-electron chi connectivity index (χ1n) is 7.41. The first kappa shape index (κ1) is 14.5. The zero-order valence-electron chi connectivity index (χ0n) is 11.8. The summed E-state index contributed by atoms with van der Waals surface area (Å²) in [5, 5.41) is 13.1. The summed E-state index contributed by atoms with van der Waals surface area (Å²) in [4.78, 5) is 12.1. The number of benzene rings is 1. The maximum absolute atomic E-state index is 12.9. The van der Waals surface area contributed by atoms with Crippen molar-refractivity contribution >= 4 is 5.91 Å². The molecule has 0 spiro atoms. The molecule has 1 saturated carbocycles. The molecule has 3 rings (SSSR count). The SMILES string of the molecule is O=C(NCC1(O)CCOCC1)[C@@H]1C[C@H]1c1ccc(F)cc1. The van der Waals surface area contributed by atoms with Crippen molar-refractivity contribution in [2.75, 3.05) is 19.8 Å². The number of hydrogen-bond donors (Lipinski definition) is 2. The van der Waals surface area contributed by atoms with Gasteiger partial charge in [-0.1, -0.05) is 12.1 Å². The fraction of sp³-hybridized carbons (Fsp3) is 0.562. The van der Waals surface area contributed by atoms with Gasteiger partial charge in [0, 0.05) is 38.5 Å². The van der Waals surface area contributed by atoms with Crippen LogP contribution < -0.4 is 5.32 Å². The lowest BCUT2D eigenvalue weighted by Gasteiger charge is -2.32. The molecular formula is C16H20FNO3. The molecule has 1 saturated heterocycles. The van der Waals surface area contributed by atoms with E-state index < -0.39 is 5.60 Å². The zero-order chi connectivity index (χ0) is 14.9. The molecule has 2 fully saturated rings. The Balaban J connectivity index is 1.50. The summed E-state index contributed by atoms with van der Waals surface area (Å²) < 4.78 is 18.1. The summed E-state index contributed by atoms with van der Waals surface area (Å²) in [6.07, 6.45) is 1.90. The predicted octanol–water partition coefficient (Wildman–Crippen LogP) is 1.59. The first-order valence-corrected chi connectivity index (χ1v) is 7.41. The minimum atomic E-state index is -0.839. The number of hydrogen-bond acceptors (Lipinski definition) is 3. The van der Waals surface area contributed by atoms with E-state index >= 15 is 0 Å². The zero-order valence-corrected chi connectivity index (χ0v) is 11.8. The Bertz CT molecular complexity index is 511. The molecule has 1 aromatic carbocycles. The van der Waals surface area contributed by atoms with Crippen LogP contribution >= 0.6 is 0 Å². The van der Waals surface area contributed by atoms with Crippen LogP contribution in [-0.4, -0.2) is 36.4 Å². The van der Waals surface area contributed by atoms with Crippen LogP contribution in [-0.2, 0) is 9.53 Å². The van der Waals surface area contributed by atoms with E-state index in [2.05, 4.69) is 5.32 Å². The molecular weight excluding hydrogens is 273 g/mol. The summed E-state index contributed by atoms with van der Waals surface area (Å²) in [5.74, 6) is -0.166. The van der Waals surface area contributed by atoms with Gasteiger partial charge in [-0.3, -0.25) is 4.79 Å². The van der Waals surface area contributed by atoms with Crippen LogP contribution in [0.3, 0.4) is 0 Å². The molecule has 2 atom stereocenters. The van der Waals surface area contributed by atoms with Crippen LogP contribution in [0.25, 0.3) is 0 Å². The molecule has 5 heteroatoms. The van der Waals surface area contributed by atoms with Crippen LogP contribution in [0, 0.1) is 11.7 Å². The highest BCUT2D eigenvalue weighted by molar-refractivity contribution is 5.82. The second-order valence-corrected chi connectivity index (χ2v) is 6.05. The average molecular weight is 293 g/mol. The summed E-state index contributed by atoms with van der Waals surface area (Å²) in [7, 11) is 0. The van der Waals surface area contributed by atoms with E-state index in [0.29, 0.717) is 26.1 Å². The minimum Gasteiger partial charge on any atom is -0.388 e. The van der Waals surface area contributed by atoms with Gasteiger partial charge in [0.2, 0.25) is 5.91 Å². The number of ether oxygens (including phenoxy) is 1. The Morgan fingerprint density at radius 3 is 2.67 bits per heavy atom. The Labute approximate surface area is 123 Å². The van der Waals surface area contributed by atoms with E-state index in [0.717, 1.165) is 12.0 Å². The molecule has 0 bridgehead atoms. The van der Waals surface area contributed by atoms with Gasteiger partial charge in [-0.2, -0.15) is 0 Å². The Morgan fingerprint density at radius 2 is 2.00 bits per heavy atom. The van der Waals surface area contributed by atoms with Crippen molar-refractivity contribution in [3.8, 4) is 0 Å². The van der Waals surface area contributed by atoms with E-state index in [-0.39, 0.29) is 30.1 Å². The molecule has 114 valence electrons. The molecule has 1 aliphatic heterocycles. The van der Waals surface area contributed by atoms with Crippen molar-refractivity contribution in [1.82, 2.24) is 5.32 Å². The number of amides is 1. The van der Waals surface area contributed by atoms with Gasteiger partial charge in [0.05, 0.1) is 5.60 Å². The van der Waals surface area contributed by atoms with E-state index in [1.807, 2.05) is 0 Å². The molecule has 0 aromatic heterocycles. The summed E-state index contributed by atoms with van der Waals surface area (Å²) >= 11 is 0. The minimum absolute atomic E-state index is 0.0239. The molecule has 2 aliphatic rings. The number of rotatable bonds is 4. The Morgan fingerprint density at radius 1 is 1.33 bits per heavy atom.